The van der Waals surface area contributed by atoms with E-state index in [-0.39, 0.29) is 23.7 Å². The summed E-state index contributed by atoms with van der Waals surface area (Å²) in [4.78, 5) is 14.1. The number of hydrogen-bond acceptors (Lipinski definition) is 3. The van der Waals surface area contributed by atoms with Crippen molar-refractivity contribution in [1.29, 1.82) is 0 Å². The van der Waals surface area contributed by atoms with Crippen molar-refractivity contribution in [3.63, 3.8) is 0 Å². The van der Waals surface area contributed by atoms with E-state index in [2.05, 4.69) is 33.1 Å². The Morgan fingerprint density at radius 1 is 1.24 bits per heavy atom. The van der Waals surface area contributed by atoms with Crippen LogP contribution in [0, 0.1) is 5.82 Å². The van der Waals surface area contributed by atoms with Crippen molar-refractivity contribution in [2.75, 3.05) is 20.2 Å². The van der Waals surface area contributed by atoms with Crippen molar-refractivity contribution < 1.29 is 13.9 Å². The average molecular weight is 395 g/mol. The molecule has 4 rings (SSSR count). The summed E-state index contributed by atoms with van der Waals surface area (Å²) in [6.45, 7) is 3.49. The van der Waals surface area contributed by atoms with E-state index in [1.165, 1.54) is 11.6 Å². The Bertz CT molecular complexity index is 1050. The Kier molecular flexibility index (Phi) is 5.28. The lowest BCUT2D eigenvalue weighted by Crippen LogP contribution is -2.38. The number of fused-ring (bicyclic) bond motifs is 1. The maximum absolute atomic E-state index is 14.2. The van der Waals surface area contributed by atoms with E-state index in [0.717, 1.165) is 23.2 Å². The highest BCUT2D eigenvalue weighted by atomic mass is 19.1. The van der Waals surface area contributed by atoms with Crippen molar-refractivity contribution >= 4 is 16.8 Å². The van der Waals surface area contributed by atoms with E-state index in [9.17, 15) is 9.18 Å². The van der Waals surface area contributed by atoms with Gasteiger partial charge in [0.15, 0.2) is 0 Å². The van der Waals surface area contributed by atoms with Gasteiger partial charge in [0.25, 0.3) is 0 Å². The Labute approximate surface area is 170 Å². The van der Waals surface area contributed by atoms with Crippen LogP contribution in [0.15, 0.2) is 48.7 Å². The number of nitrogens with one attached hydrogen (secondary N) is 1. The lowest BCUT2D eigenvalue weighted by molar-refractivity contribution is -0.119. The number of aromatic nitrogens is 1. The number of carbonyl (C=O) groups is 1. The maximum Gasteiger partial charge on any atom is 0.217 e. The van der Waals surface area contributed by atoms with Crippen LogP contribution in [0.2, 0.25) is 0 Å². The second kappa shape index (κ2) is 7.87. The Morgan fingerprint density at radius 2 is 2.03 bits per heavy atom. The molecule has 0 bridgehead atoms. The molecule has 0 aliphatic carbocycles. The van der Waals surface area contributed by atoms with Gasteiger partial charge in [0, 0.05) is 68.2 Å². The van der Waals surface area contributed by atoms with Gasteiger partial charge in [0.2, 0.25) is 5.91 Å². The summed E-state index contributed by atoms with van der Waals surface area (Å²) < 4.78 is 21.7. The van der Waals surface area contributed by atoms with Crippen molar-refractivity contribution in [2.45, 2.75) is 25.4 Å². The van der Waals surface area contributed by atoms with Gasteiger partial charge in [-0.2, -0.15) is 0 Å². The zero-order valence-corrected chi connectivity index (χ0v) is 17.0. The molecule has 3 aromatic rings. The fraction of sp³-hybridized carbons (Fsp3) is 0.348. The van der Waals surface area contributed by atoms with Gasteiger partial charge in [0.05, 0.1) is 7.11 Å². The SMILES string of the molecule is COc1ccc2c(c1)c([C@H]1CN(Cc3ccccc3F)C[C@@H]1NC(C)=O)cn2C. The normalized spacial score (nSPS) is 19.6. The molecule has 1 saturated heterocycles. The van der Waals surface area contributed by atoms with Gasteiger partial charge in [-0.1, -0.05) is 18.2 Å². The van der Waals surface area contributed by atoms with Crippen LogP contribution in [0.25, 0.3) is 10.9 Å². The molecular formula is C23H26FN3O2. The number of likely N-dealkylation sites (tertiary alicyclic amines) is 1. The summed E-state index contributed by atoms with van der Waals surface area (Å²) in [5.74, 6) is 0.677. The molecule has 29 heavy (non-hydrogen) atoms. The largest absolute Gasteiger partial charge is 0.497 e. The van der Waals surface area contributed by atoms with Crippen LogP contribution in [0.4, 0.5) is 4.39 Å². The Hall–Kier alpha value is -2.86. The zero-order chi connectivity index (χ0) is 20.5. The molecule has 1 N–H and O–H groups in total. The highest BCUT2D eigenvalue weighted by molar-refractivity contribution is 5.86. The molecule has 1 aliphatic heterocycles. The molecule has 2 heterocycles. The quantitative estimate of drug-likeness (QED) is 0.720. The number of benzene rings is 2. The first-order valence-electron chi connectivity index (χ1n) is 9.82. The first kappa shape index (κ1) is 19.5. The van der Waals surface area contributed by atoms with E-state index in [4.69, 9.17) is 4.74 Å². The molecular weight excluding hydrogens is 369 g/mol. The molecule has 6 heteroatoms. The highest BCUT2D eigenvalue weighted by Gasteiger charge is 2.36. The van der Waals surface area contributed by atoms with Crippen LogP contribution < -0.4 is 10.1 Å². The number of ether oxygens (including phenoxy) is 1. The second-order valence-corrected chi connectivity index (χ2v) is 7.78. The van der Waals surface area contributed by atoms with E-state index in [0.29, 0.717) is 18.7 Å². The molecule has 2 aromatic carbocycles. The molecule has 1 amide bonds. The number of nitrogens with zero attached hydrogens (tertiary/aromatic N) is 2. The second-order valence-electron chi connectivity index (χ2n) is 7.78. The number of aryl methyl sites for hydroxylation is 1. The molecule has 1 aliphatic rings. The predicted octanol–water partition coefficient (Wildman–Crippen LogP) is 3.43. The highest BCUT2D eigenvalue weighted by Crippen LogP contribution is 2.36. The van der Waals surface area contributed by atoms with Crippen molar-refractivity contribution in [3.05, 3.63) is 65.6 Å². The molecule has 0 radical (unpaired) electrons. The minimum Gasteiger partial charge on any atom is -0.497 e. The van der Waals surface area contributed by atoms with Gasteiger partial charge < -0.3 is 14.6 Å². The summed E-state index contributed by atoms with van der Waals surface area (Å²) in [5.41, 5.74) is 2.97. The number of hydrogen-bond donors (Lipinski definition) is 1. The first-order valence-corrected chi connectivity index (χ1v) is 9.82. The van der Waals surface area contributed by atoms with Crippen LogP contribution in [0.3, 0.4) is 0 Å². The third kappa shape index (κ3) is 3.85. The van der Waals surface area contributed by atoms with Crippen LogP contribution in [0.1, 0.15) is 24.0 Å². The van der Waals surface area contributed by atoms with Gasteiger partial charge >= 0.3 is 0 Å². The summed E-state index contributed by atoms with van der Waals surface area (Å²) in [6, 6.07) is 12.9. The van der Waals surface area contributed by atoms with Crippen molar-refractivity contribution in [3.8, 4) is 5.75 Å². The summed E-state index contributed by atoms with van der Waals surface area (Å²) in [5, 5.41) is 4.23. The minimum atomic E-state index is -0.193. The minimum absolute atomic E-state index is 0.0314. The molecule has 152 valence electrons. The van der Waals surface area contributed by atoms with E-state index in [1.807, 2.05) is 25.2 Å². The fourth-order valence-electron chi connectivity index (χ4n) is 4.43. The van der Waals surface area contributed by atoms with Crippen LogP contribution in [-0.2, 0) is 18.4 Å². The van der Waals surface area contributed by atoms with Crippen LogP contribution in [-0.4, -0.2) is 41.6 Å². The molecule has 2 atom stereocenters. The topological polar surface area (TPSA) is 46.5 Å². The fourth-order valence-corrected chi connectivity index (χ4v) is 4.43. The summed E-state index contributed by atoms with van der Waals surface area (Å²) in [6.07, 6.45) is 2.14. The monoisotopic (exact) mass is 395 g/mol. The molecule has 0 spiro atoms. The molecule has 1 fully saturated rings. The zero-order valence-electron chi connectivity index (χ0n) is 17.0. The Balaban J connectivity index is 1.68. The number of amides is 1. The number of methoxy groups -OCH3 is 1. The van der Waals surface area contributed by atoms with Gasteiger partial charge in [-0.3, -0.25) is 9.69 Å². The molecule has 5 nitrogen and oxygen atoms in total. The molecule has 0 unspecified atom stereocenters. The van der Waals surface area contributed by atoms with Crippen LogP contribution in [0.5, 0.6) is 5.75 Å². The smallest absolute Gasteiger partial charge is 0.217 e. The average Bonchev–Trinajstić information content (AvgIpc) is 3.23. The van der Waals surface area contributed by atoms with E-state index >= 15 is 0 Å². The third-order valence-electron chi connectivity index (χ3n) is 5.76. The third-order valence-corrected chi connectivity index (χ3v) is 5.76. The van der Waals surface area contributed by atoms with Gasteiger partial charge in [-0.15, -0.1) is 0 Å². The van der Waals surface area contributed by atoms with E-state index in [1.54, 1.807) is 20.1 Å². The van der Waals surface area contributed by atoms with Crippen molar-refractivity contribution in [1.82, 2.24) is 14.8 Å². The van der Waals surface area contributed by atoms with Gasteiger partial charge in [0.1, 0.15) is 11.6 Å². The van der Waals surface area contributed by atoms with Crippen LogP contribution >= 0.6 is 0 Å². The first-order chi connectivity index (χ1) is 14.0. The summed E-state index contributed by atoms with van der Waals surface area (Å²) >= 11 is 0. The number of carbonyl (C=O) groups excluding carboxylic acids is 1. The molecule has 0 saturated carbocycles. The van der Waals surface area contributed by atoms with Crippen molar-refractivity contribution in [2.24, 2.45) is 7.05 Å². The lowest BCUT2D eigenvalue weighted by Gasteiger charge is -2.19. The van der Waals surface area contributed by atoms with Gasteiger partial charge in [-0.25, -0.2) is 4.39 Å². The Morgan fingerprint density at radius 3 is 2.76 bits per heavy atom. The number of halogens is 1. The number of rotatable bonds is 5. The van der Waals surface area contributed by atoms with E-state index < -0.39 is 0 Å². The maximum atomic E-state index is 14.2. The summed E-state index contributed by atoms with van der Waals surface area (Å²) in [7, 11) is 3.69. The molecule has 1 aromatic heterocycles. The standard InChI is InChI=1S/C23H26FN3O2/c1-15(28)25-22-14-27(11-16-6-4-5-7-21(16)24)13-20(22)19-12-26(2)23-9-8-17(29-3)10-18(19)23/h4-10,12,20,22H,11,13-14H2,1-3H3,(H,25,28)/t20-,22+/m1/s1. The lowest BCUT2D eigenvalue weighted by atomic mass is 9.93. The van der Waals surface area contributed by atoms with Gasteiger partial charge in [-0.05, 0) is 29.8 Å². The predicted molar refractivity (Wildman–Crippen MR) is 111 cm³/mol.